The number of amides is 1. The number of fused-ring (bicyclic) bond motifs is 1. The third-order valence-electron chi connectivity index (χ3n) is 6.29. The average molecular weight is 429 g/mol. The zero-order chi connectivity index (χ0) is 20.8. The van der Waals surface area contributed by atoms with Crippen molar-refractivity contribution in [2.24, 2.45) is 5.92 Å². The molecule has 2 atom stereocenters. The van der Waals surface area contributed by atoms with Crippen LogP contribution in [0, 0.1) is 5.92 Å². The molecule has 31 heavy (non-hydrogen) atoms. The van der Waals surface area contributed by atoms with Gasteiger partial charge in [0.1, 0.15) is 5.82 Å². The number of carbonyl (C=O) groups excluding carboxylic acids is 1. The van der Waals surface area contributed by atoms with Gasteiger partial charge in [0.25, 0.3) is 5.91 Å². The number of anilines is 1. The predicted molar refractivity (Wildman–Crippen MR) is 126 cm³/mol. The topological polar surface area (TPSA) is 69.8 Å². The minimum absolute atomic E-state index is 0.114. The van der Waals surface area contributed by atoms with Crippen LogP contribution in [0.5, 0.6) is 0 Å². The second-order valence-corrected chi connectivity index (χ2v) is 9.49. The Morgan fingerprint density at radius 3 is 2.77 bits per heavy atom. The number of hydrogen-bond acceptors (Lipinski definition) is 4. The van der Waals surface area contributed by atoms with E-state index in [4.69, 9.17) is 0 Å². The smallest absolute Gasteiger partial charge is 0.255 e. The van der Waals surface area contributed by atoms with Gasteiger partial charge in [-0.25, -0.2) is 4.98 Å². The van der Waals surface area contributed by atoms with Crippen LogP contribution in [0.3, 0.4) is 0 Å². The predicted octanol–water partition coefficient (Wildman–Crippen LogP) is 5.40. The van der Waals surface area contributed by atoms with E-state index in [0.29, 0.717) is 17.5 Å². The average Bonchev–Trinajstić information content (AvgIpc) is 3.66. The molecule has 6 rings (SSSR count). The fourth-order valence-electron chi connectivity index (χ4n) is 4.13. The highest BCUT2D eigenvalue weighted by Crippen LogP contribution is 2.42. The largest absolute Gasteiger partial charge is 0.338 e. The molecule has 2 aromatic carbocycles. The first-order valence-corrected chi connectivity index (χ1v) is 11.8. The fraction of sp³-hybridized carbons (Fsp3) is 0.280. The molecule has 2 fully saturated rings. The molecule has 2 aliphatic rings. The molecule has 4 aromatic rings. The number of rotatable bonds is 7. The molecule has 2 heterocycles. The first-order valence-electron chi connectivity index (χ1n) is 10.9. The zero-order valence-electron chi connectivity index (χ0n) is 17.1. The number of aromatic nitrogens is 2. The summed E-state index contributed by atoms with van der Waals surface area (Å²) in [7, 11) is 0. The number of carbonyl (C=O) groups is 1. The van der Waals surface area contributed by atoms with Crippen molar-refractivity contribution in [3.8, 4) is 11.4 Å². The van der Waals surface area contributed by atoms with Crippen LogP contribution in [0.15, 0.2) is 59.3 Å². The van der Waals surface area contributed by atoms with Crippen molar-refractivity contribution in [2.45, 2.75) is 31.2 Å². The summed E-state index contributed by atoms with van der Waals surface area (Å²) < 4.78 is 0. The number of H-pyrrole nitrogens is 1. The molecular formula is C25H24N4OS. The lowest BCUT2D eigenvalue weighted by Gasteiger charge is -2.07. The third-order valence-corrected chi connectivity index (χ3v) is 6.97. The second-order valence-electron chi connectivity index (χ2n) is 8.71. The highest BCUT2D eigenvalue weighted by Gasteiger charge is 2.38. The standard InChI is InChI=1S/C25H24N4OS/c30-25(17-5-8-21-23(11-17)29-24(28-21)18-9-10-31-14-18)27-19-6-3-16(4-7-19)20-12-22(20)26-13-15-1-2-15/h3-11,14-15,20,22,26H,1-2,12-13H2,(H,27,30)(H,28,29)/t20-,22+/m0/s1. The Kier molecular flexibility index (Phi) is 4.62. The van der Waals surface area contributed by atoms with Crippen LogP contribution in [0.4, 0.5) is 5.69 Å². The molecule has 0 aliphatic heterocycles. The first kappa shape index (κ1) is 18.8. The van der Waals surface area contributed by atoms with Gasteiger partial charge in [-0.3, -0.25) is 4.79 Å². The normalized spacial score (nSPS) is 20.1. The number of imidazole rings is 1. The van der Waals surface area contributed by atoms with Crippen molar-refractivity contribution < 1.29 is 4.79 Å². The van der Waals surface area contributed by atoms with Crippen LogP contribution in [-0.2, 0) is 0 Å². The summed E-state index contributed by atoms with van der Waals surface area (Å²) in [5, 5.41) is 10.8. The Bertz CT molecular complexity index is 1220. The van der Waals surface area contributed by atoms with Gasteiger partial charge in [-0.05, 0) is 79.1 Å². The van der Waals surface area contributed by atoms with Crippen LogP contribution in [-0.4, -0.2) is 28.5 Å². The summed E-state index contributed by atoms with van der Waals surface area (Å²) in [4.78, 5) is 20.7. The molecule has 0 unspecified atom stereocenters. The van der Waals surface area contributed by atoms with E-state index >= 15 is 0 Å². The Labute approximate surface area is 184 Å². The number of nitrogens with one attached hydrogen (secondary N) is 3. The van der Waals surface area contributed by atoms with E-state index < -0.39 is 0 Å². The van der Waals surface area contributed by atoms with Gasteiger partial charge >= 0.3 is 0 Å². The summed E-state index contributed by atoms with van der Waals surface area (Å²) in [5.41, 5.74) is 5.57. The molecular weight excluding hydrogens is 404 g/mol. The molecule has 156 valence electrons. The Morgan fingerprint density at radius 1 is 1.13 bits per heavy atom. The Morgan fingerprint density at radius 2 is 2.00 bits per heavy atom. The van der Waals surface area contributed by atoms with E-state index in [0.717, 1.165) is 34.0 Å². The summed E-state index contributed by atoms with van der Waals surface area (Å²) in [6.45, 7) is 1.17. The van der Waals surface area contributed by atoms with Crippen LogP contribution >= 0.6 is 11.3 Å². The highest BCUT2D eigenvalue weighted by molar-refractivity contribution is 7.08. The molecule has 0 spiro atoms. The molecule has 0 saturated heterocycles. The van der Waals surface area contributed by atoms with E-state index in [1.807, 2.05) is 41.8 Å². The van der Waals surface area contributed by atoms with Gasteiger partial charge in [0, 0.05) is 34.2 Å². The van der Waals surface area contributed by atoms with Crippen LogP contribution in [0.25, 0.3) is 22.4 Å². The van der Waals surface area contributed by atoms with Crippen molar-refractivity contribution in [2.75, 3.05) is 11.9 Å². The van der Waals surface area contributed by atoms with Crippen LogP contribution in [0.1, 0.15) is 41.1 Å². The number of nitrogens with zero attached hydrogens (tertiary/aromatic N) is 1. The number of benzene rings is 2. The summed E-state index contributed by atoms with van der Waals surface area (Å²) in [5.74, 6) is 2.25. The molecule has 2 aliphatic carbocycles. The number of aromatic amines is 1. The summed E-state index contributed by atoms with van der Waals surface area (Å²) in [6, 6.07) is 16.5. The maximum atomic E-state index is 12.8. The van der Waals surface area contributed by atoms with Gasteiger partial charge in [0.05, 0.1) is 11.0 Å². The van der Waals surface area contributed by atoms with Crippen molar-refractivity contribution in [3.05, 3.63) is 70.4 Å². The Hall–Kier alpha value is -2.96. The SMILES string of the molecule is O=C(Nc1ccc([C@@H]2C[C@H]2NCC2CC2)cc1)c1ccc2nc(-c3ccsc3)[nH]c2c1. The molecule has 2 saturated carbocycles. The van der Waals surface area contributed by atoms with Gasteiger partial charge in [-0.15, -0.1) is 0 Å². The molecule has 6 heteroatoms. The maximum absolute atomic E-state index is 12.8. The molecule has 5 nitrogen and oxygen atoms in total. The summed E-state index contributed by atoms with van der Waals surface area (Å²) in [6.07, 6.45) is 4.00. The fourth-order valence-corrected chi connectivity index (χ4v) is 4.77. The second kappa shape index (κ2) is 7.62. The minimum atomic E-state index is -0.114. The number of hydrogen-bond donors (Lipinski definition) is 3. The molecule has 0 radical (unpaired) electrons. The van der Waals surface area contributed by atoms with Crippen molar-refractivity contribution in [1.29, 1.82) is 0 Å². The minimum Gasteiger partial charge on any atom is -0.338 e. The Balaban J connectivity index is 1.11. The molecule has 0 bridgehead atoms. The van der Waals surface area contributed by atoms with E-state index in [1.165, 1.54) is 31.4 Å². The molecule has 1 amide bonds. The van der Waals surface area contributed by atoms with Gasteiger partial charge in [0.15, 0.2) is 0 Å². The first-order chi connectivity index (χ1) is 15.2. The molecule has 3 N–H and O–H groups in total. The van der Waals surface area contributed by atoms with E-state index in [9.17, 15) is 4.79 Å². The maximum Gasteiger partial charge on any atom is 0.255 e. The zero-order valence-corrected chi connectivity index (χ0v) is 17.9. The van der Waals surface area contributed by atoms with E-state index in [2.05, 4.69) is 38.1 Å². The lowest BCUT2D eigenvalue weighted by atomic mass is 10.1. The van der Waals surface area contributed by atoms with Gasteiger partial charge < -0.3 is 15.6 Å². The number of thiophene rings is 1. The van der Waals surface area contributed by atoms with Crippen molar-refractivity contribution in [1.82, 2.24) is 15.3 Å². The highest BCUT2D eigenvalue weighted by atomic mass is 32.1. The lowest BCUT2D eigenvalue weighted by Crippen LogP contribution is -2.20. The monoisotopic (exact) mass is 428 g/mol. The van der Waals surface area contributed by atoms with E-state index in [-0.39, 0.29) is 5.91 Å². The molecule has 2 aromatic heterocycles. The van der Waals surface area contributed by atoms with E-state index in [1.54, 1.807) is 11.3 Å². The quantitative estimate of drug-likeness (QED) is 0.369. The summed E-state index contributed by atoms with van der Waals surface area (Å²) >= 11 is 1.64. The third kappa shape index (κ3) is 4.01. The van der Waals surface area contributed by atoms with Crippen LogP contribution < -0.4 is 10.6 Å². The van der Waals surface area contributed by atoms with Crippen molar-refractivity contribution >= 4 is 34.0 Å². The lowest BCUT2D eigenvalue weighted by molar-refractivity contribution is 0.102. The van der Waals surface area contributed by atoms with Gasteiger partial charge in [0.2, 0.25) is 0 Å². The van der Waals surface area contributed by atoms with Crippen molar-refractivity contribution in [3.63, 3.8) is 0 Å². The van der Waals surface area contributed by atoms with Gasteiger partial charge in [-0.1, -0.05) is 12.1 Å². The van der Waals surface area contributed by atoms with Gasteiger partial charge in [-0.2, -0.15) is 11.3 Å². The van der Waals surface area contributed by atoms with Crippen LogP contribution in [0.2, 0.25) is 0 Å².